The third-order valence-electron chi connectivity index (χ3n) is 1.43. The van der Waals surface area contributed by atoms with Crippen molar-refractivity contribution in [2.45, 2.75) is 0 Å². The number of nitrogens with zero attached hydrogens (tertiary/aromatic N) is 2. The van der Waals surface area contributed by atoms with Gasteiger partial charge in [-0.1, -0.05) is 0 Å². The van der Waals surface area contributed by atoms with Crippen LogP contribution in [0.25, 0.3) is 0 Å². The lowest BCUT2D eigenvalue weighted by Gasteiger charge is -2.04. The SMILES string of the molecule is COCC(=O)Nc1nccnc1C(=O)O. The first-order chi connectivity index (χ1) is 7.15. The number of anilines is 1. The van der Waals surface area contributed by atoms with Crippen LogP contribution in [0.3, 0.4) is 0 Å². The Morgan fingerprint density at radius 3 is 2.73 bits per heavy atom. The van der Waals surface area contributed by atoms with Gasteiger partial charge in [0.15, 0.2) is 11.5 Å². The summed E-state index contributed by atoms with van der Waals surface area (Å²) in [5, 5.41) is 11.0. The van der Waals surface area contributed by atoms with Crippen LogP contribution in [0.15, 0.2) is 12.4 Å². The Labute approximate surface area is 85.1 Å². The fraction of sp³-hybridized carbons (Fsp3) is 0.250. The Balaban J connectivity index is 2.84. The Morgan fingerprint density at radius 1 is 1.47 bits per heavy atom. The maximum atomic E-state index is 11.1. The fourth-order valence-corrected chi connectivity index (χ4v) is 0.885. The Bertz CT molecular complexity index is 380. The van der Waals surface area contributed by atoms with Crippen LogP contribution in [0.4, 0.5) is 5.82 Å². The van der Waals surface area contributed by atoms with E-state index in [-0.39, 0.29) is 18.1 Å². The van der Waals surface area contributed by atoms with Crippen LogP contribution in [-0.4, -0.2) is 40.7 Å². The van der Waals surface area contributed by atoms with Gasteiger partial charge in [0.05, 0.1) is 0 Å². The second-order valence-corrected chi connectivity index (χ2v) is 2.54. The zero-order valence-corrected chi connectivity index (χ0v) is 7.93. The summed E-state index contributed by atoms with van der Waals surface area (Å²) in [5.41, 5.74) is -0.304. The third-order valence-corrected chi connectivity index (χ3v) is 1.43. The molecule has 1 rings (SSSR count). The first kappa shape index (κ1) is 11.1. The molecular formula is C8H9N3O4. The molecule has 0 spiro atoms. The Hall–Kier alpha value is -2.02. The molecule has 0 saturated carbocycles. The van der Waals surface area contributed by atoms with Crippen molar-refractivity contribution >= 4 is 17.7 Å². The van der Waals surface area contributed by atoms with Crippen LogP contribution in [0.2, 0.25) is 0 Å². The van der Waals surface area contributed by atoms with Gasteiger partial charge in [0, 0.05) is 19.5 Å². The van der Waals surface area contributed by atoms with Crippen molar-refractivity contribution in [1.29, 1.82) is 0 Å². The highest BCUT2D eigenvalue weighted by Crippen LogP contribution is 2.07. The number of carbonyl (C=O) groups excluding carboxylic acids is 1. The fourth-order valence-electron chi connectivity index (χ4n) is 0.885. The summed E-state index contributed by atoms with van der Waals surface area (Å²) >= 11 is 0. The van der Waals surface area contributed by atoms with Crippen molar-refractivity contribution in [1.82, 2.24) is 9.97 Å². The minimum atomic E-state index is -1.25. The van der Waals surface area contributed by atoms with Gasteiger partial charge in [-0.05, 0) is 0 Å². The molecule has 1 aromatic rings. The van der Waals surface area contributed by atoms with Crippen molar-refractivity contribution < 1.29 is 19.4 Å². The molecule has 7 nitrogen and oxygen atoms in total. The number of hydrogen-bond acceptors (Lipinski definition) is 5. The van der Waals surface area contributed by atoms with Crippen molar-refractivity contribution in [2.75, 3.05) is 19.0 Å². The van der Waals surface area contributed by atoms with E-state index in [9.17, 15) is 9.59 Å². The van der Waals surface area contributed by atoms with E-state index in [0.717, 1.165) is 0 Å². The minimum absolute atomic E-state index is 0.0907. The molecule has 0 aliphatic rings. The summed E-state index contributed by atoms with van der Waals surface area (Å²) in [5.74, 6) is -1.83. The number of aromatic nitrogens is 2. The summed E-state index contributed by atoms with van der Waals surface area (Å²) in [6.07, 6.45) is 2.52. The first-order valence-corrected chi connectivity index (χ1v) is 3.98. The van der Waals surface area contributed by atoms with E-state index >= 15 is 0 Å². The van der Waals surface area contributed by atoms with Crippen LogP contribution in [-0.2, 0) is 9.53 Å². The molecule has 80 valence electrons. The van der Waals surface area contributed by atoms with E-state index in [4.69, 9.17) is 5.11 Å². The second kappa shape index (κ2) is 5.01. The number of carboxylic acid groups (broad SMARTS) is 1. The number of carboxylic acids is 1. The van der Waals surface area contributed by atoms with Crippen LogP contribution in [0.5, 0.6) is 0 Å². The van der Waals surface area contributed by atoms with Gasteiger partial charge in [-0.2, -0.15) is 0 Å². The van der Waals surface area contributed by atoms with Crippen LogP contribution in [0, 0.1) is 0 Å². The van der Waals surface area contributed by atoms with Crippen molar-refractivity contribution in [3.05, 3.63) is 18.1 Å². The van der Waals surface area contributed by atoms with E-state index in [2.05, 4.69) is 20.0 Å². The lowest BCUT2D eigenvalue weighted by Crippen LogP contribution is -2.20. The number of methoxy groups -OCH3 is 1. The van der Waals surface area contributed by atoms with E-state index in [1.54, 1.807) is 0 Å². The number of amides is 1. The normalized spacial score (nSPS) is 9.67. The quantitative estimate of drug-likeness (QED) is 0.712. The van der Waals surface area contributed by atoms with Crippen LogP contribution in [0.1, 0.15) is 10.5 Å². The molecule has 1 heterocycles. The third kappa shape index (κ3) is 2.99. The predicted molar refractivity (Wildman–Crippen MR) is 49.5 cm³/mol. The van der Waals surface area contributed by atoms with E-state index < -0.39 is 11.9 Å². The monoisotopic (exact) mass is 211 g/mol. The summed E-state index contributed by atoms with van der Waals surface area (Å²) in [6.45, 7) is -0.171. The molecule has 0 radical (unpaired) electrons. The largest absolute Gasteiger partial charge is 0.476 e. The zero-order valence-electron chi connectivity index (χ0n) is 7.93. The molecule has 0 unspecified atom stereocenters. The highest BCUT2D eigenvalue weighted by molar-refractivity contribution is 5.98. The lowest BCUT2D eigenvalue weighted by molar-refractivity contribution is -0.119. The predicted octanol–water partition coefficient (Wildman–Crippen LogP) is -0.240. The molecule has 0 fully saturated rings. The summed E-state index contributed by atoms with van der Waals surface area (Å²) < 4.78 is 4.57. The smallest absolute Gasteiger partial charge is 0.358 e. The van der Waals surface area contributed by atoms with Crippen LogP contribution >= 0.6 is 0 Å². The number of nitrogens with one attached hydrogen (secondary N) is 1. The molecular weight excluding hydrogens is 202 g/mol. The number of aromatic carboxylic acids is 1. The summed E-state index contributed by atoms with van der Waals surface area (Å²) in [6, 6.07) is 0. The van der Waals surface area contributed by atoms with Gasteiger partial charge in [-0.15, -0.1) is 0 Å². The second-order valence-electron chi connectivity index (χ2n) is 2.54. The Morgan fingerprint density at radius 2 is 2.13 bits per heavy atom. The van der Waals surface area contributed by atoms with E-state index in [1.165, 1.54) is 19.5 Å². The van der Waals surface area contributed by atoms with Gasteiger partial charge in [-0.3, -0.25) is 4.79 Å². The van der Waals surface area contributed by atoms with Crippen molar-refractivity contribution in [2.24, 2.45) is 0 Å². The van der Waals surface area contributed by atoms with Crippen molar-refractivity contribution in [3.63, 3.8) is 0 Å². The van der Waals surface area contributed by atoms with Crippen molar-refractivity contribution in [3.8, 4) is 0 Å². The molecule has 0 aromatic carbocycles. The highest BCUT2D eigenvalue weighted by atomic mass is 16.5. The maximum Gasteiger partial charge on any atom is 0.358 e. The molecule has 0 aliphatic heterocycles. The standard InChI is InChI=1S/C8H9N3O4/c1-15-4-5(12)11-7-6(8(13)14)9-2-3-10-7/h2-3H,4H2,1H3,(H,13,14)(H,10,11,12). The maximum absolute atomic E-state index is 11.1. The molecule has 0 aliphatic carbocycles. The summed E-state index contributed by atoms with van der Waals surface area (Å²) in [4.78, 5) is 29.0. The molecule has 0 atom stereocenters. The highest BCUT2D eigenvalue weighted by Gasteiger charge is 2.14. The van der Waals surface area contributed by atoms with Gasteiger partial charge in [0.1, 0.15) is 6.61 Å². The zero-order chi connectivity index (χ0) is 11.3. The number of hydrogen-bond donors (Lipinski definition) is 2. The number of carbonyl (C=O) groups is 2. The molecule has 1 amide bonds. The molecule has 15 heavy (non-hydrogen) atoms. The molecule has 0 bridgehead atoms. The van der Waals surface area contributed by atoms with Gasteiger partial charge in [0.2, 0.25) is 0 Å². The lowest BCUT2D eigenvalue weighted by atomic mass is 10.4. The first-order valence-electron chi connectivity index (χ1n) is 3.98. The van der Waals surface area contributed by atoms with Gasteiger partial charge < -0.3 is 15.2 Å². The number of rotatable bonds is 4. The average molecular weight is 211 g/mol. The van der Waals surface area contributed by atoms with Gasteiger partial charge in [0.25, 0.3) is 5.91 Å². The van der Waals surface area contributed by atoms with Crippen LogP contribution < -0.4 is 5.32 Å². The van der Waals surface area contributed by atoms with Gasteiger partial charge >= 0.3 is 5.97 Å². The topological polar surface area (TPSA) is 101 Å². The van der Waals surface area contributed by atoms with E-state index in [0.29, 0.717) is 0 Å². The Kier molecular flexibility index (Phi) is 3.69. The van der Waals surface area contributed by atoms with E-state index in [1.807, 2.05) is 0 Å². The average Bonchev–Trinajstić information content (AvgIpc) is 2.18. The molecule has 0 saturated heterocycles. The molecule has 2 N–H and O–H groups in total. The molecule has 7 heteroatoms. The summed E-state index contributed by atoms with van der Waals surface area (Å²) in [7, 11) is 1.36. The van der Waals surface area contributed by atoms with Gasteiger partial charge in [-0.25, -0.2) is 14.8 Å². The molecule has 1 aromatic heterocycles. The number of ether oxygens (including phenoxy) is 1. The minimum Gasteiger partial charge on any atom is -0.476 e.